The average Bonchev–Trinajstić information content (AvgIpc) is 2.56. The molecule has 0 saturated carbocycles. The van der Waals surface area contributed by atoms with Crippen molar-refractivity contribution in [3.8, 4) is 0 Å². The molecule has 0 spiro atoms. The maximum Gasteiger partial charge on any atom is 0.191 e. The monoisotopic (exact) mass is 417 g/mol. The molecule has 0 bridgehead atoms. The number of rotatable bonds is 5. The molecule has 0 aromatic heterocycles. The Morgan fingerprint density at radius 1 is 1.18 bits per heavy atom. The molecule has 1 fully saturated rings. The summed E-state index contributed by atoms with van der Waals surface area (Å²) in [6.07, 6.45) is 2.01. The van der Waals surface area contributed by atoms with Crippen molar-refractivity contribution in [2.24, 2.45) is 10.7 Å². The quantitative estimate of drug-likeness (QED) is 0.455. The van der Waals surface area contributed by atoms with Gasteiger partial charge in [0.25, 0.3) is 0 Å². The van der Waals surface area contributed by atoms with Gasteiger partial charge in [0.1, 0.15) is 0 Å². The lowest BCUT2D eigenvalue weighted by atomic mass is 9.74. The zero-order chi connectivity index (χ0) is 15.1. The topological polar surface area (TPSA) is 50.8 Å². The number of nitrogens with two attached hydrogens (primary N) is 1. The van der Waals surface area contributed by atoms with Gasteiger partial charge in [0.15, 0.2) is 5.96 Å². The summed E-state index contributed by atoms with van der Waals surface area (Å²) >= 11 is 0. The van der Waals surface area contributed by atoms with Gasteiger partial charge in [-0.2, -0.15) is 0 Å². The predicted molar refractivity (Wildman–Crippen MR) is 103 cm³/mol. The molecule has 22 heavy (non-hydrogen) atoms. The first kappa shape index (κ1) is 19.2. The second-order valence-electron chi connectivity index (χ2n) is 5.61. The molecule has 5 heteroatoms. The molecule has 0 unspecified atom stereocenters. The van der Waals surface area contributed by atoms with E-state index in [1.165, 1.54) is 5.56 Å². The summed E-state index contributed by atoms with van der Waals surface area (Å²) in [4.78, 5) is 6.80. The minimum Gasteiger partial charge on any atom is -0.381 e. The summed E-state index contributed by atoms with van der Waals surface area (Å²) in [5.74, 6) is 0.654. The highest BCUT2D eigenvalue weighted by Crippen LogP contribution is 2.35. The van der Waals surface area contributed by atoms with E-state index in [-0.39, 0.29) is 29.4 Å². The normalized spacial score (nSPS) is 17.6. The fourth-order valence-corrected chi connectivity index (χ4v) is 2.97. The first-order valence-electron chi connectivity index (χ1n) is 7.90. The molecule has 4 nitrogen and oxygen atoms in total. The van der Waals surface area contributed by atoms with Crippen LogP contribution in [0.2, 0.25) is 0 Å². The average molecular weight is 417 g/mol. The molecule has 2 rings (SSSR count). The van der Waals surface area contributed by atoms with Gasteiger partial charge in [-0.05, 0) is 32.3 Å². The van der Waals surface area contributed by atoms with Crippen molar-refractivity contribution in [2.75, 3.05) is 32.8 Å². The summed E-state index contributed by atoms with van der Waals surface area (Å²) in [7, 11) is 0. The van der Waals surface area contributed by atoms with Crippen molar-refractivity contribution >= 4 is 29.9 Å². The molecular weight excluding hydrogens is 389 g/mol. The van der Waals surface area contributed by atoms with Gasteiger partial charge in [-0.15, -0.1) is 24.0 Å². The second-order valence-corrected chi connectivity index (χ2v) is 5.61. The van der Waals surface area contributed by atoms with Crippen LogP contribution in [0.15, 0.2) is 35.3 Å². The van der Waals surface area contributed by atoms with Gasteiger partial charge >= 0.3 is 0 Å². The van der Waals surface area contributed by atoms with Crippen molar-refractivity contribution in [2.45, 2.75) is 32.1 Å². The number of nitrogens with zero attached hydrogens (tertiary/aromatic N) is 2. The summed E-state index contributed by atoms with van der Waals surface area (Å²) in [6, 6.07) is 10.7. The van der Waals surface area contributed by atoms with E-state index < -0.39 is 0 Å². The number of hydrogen-bond donors (Lipinski definition) is 1. The fraction of sp³-hybridized carbons (Fsp3) is 0.588. The van der Waals surface area contributed by atoms with Crippen LogP contribution in [-0.2, 0) is 10.2 Å². The largest absolute Gasteiger partial charge is 0.381 e. The first-order chi connectivity index (χ1) is 10.2. The molecule has 1 heterocycles. The lowest BCUT2D eigenvalue weighted by molar-refractivity contribution is 0.0530. The van der Waals surface area contributed by atoms with Gasteiger partial charge in [0, 0.05) is 31.7 Å². The number of ether oxygens (including phenoxy) is 1. The summed E-state index contributed by atoms with van der Waals surface area (Å²) in [6.45, 7) is 8.34. The third-order valence-electron chi connectivity index (χ3n) is 4.47. The number of aliphatic imine (C=N–C) groups is 1. The van der Waals surface area contributed by atoms with Gasteiger partial charge in [-0.3, -0.25) is 4.99 Å². The van der Waals surface area contributed by atoms with Gasteiger partial charge < -0.3 is 15.4 Å². The molecular formula is C17H28IN3O. The maximum absolute atomic E-state index is 6.14. The Morgan fingerprint density at radius 3 is 2.32 bits per heavy atom. The van der Waals surface area contributed by atoms with E-state index in [1.807, 2.05) is 0 Å². The summed E-state index contributed by atoms with van der Waals surface area (Å²) in [5, 5.41) is 0. The Bertz CT molecular complexity index is 454. The minimum absolute atomic E-state index is 0. The van der Waals surface area contributed by atoms with E-state index in [1.54, 1.807) is 0 Å². The van der Waals surface area contributed by atoms with E-state index in [0.717, 1.165) is 45.7 Å². The predicted octanol–water partition coefficient (Wildman–Crippen LogP) is 3.01. The van der Waals surface area contributed by atoms with Crippen LogP contribution < -0.4 is 5.73 Å². The second kappa shape index (κ2) is 9.35. The standard InChI is InChI=1S/C17H27N3O.HI/c1-3-20(4-2)16(18)19-14-17(10-12-21-13-11-17)15-8-6-5-7-9-15;/h5-9H,3-4,10-14H2,1-2H3,(H2,18,19);1H. The van der Waals surface area contributed by atoms with Gasteiger partial charge in [0.05, 0.1) is 6.54 Å². The van der Waals surface area contributed by atoms with E-state index >= 15 is 0 Å². The van der Waals surface area contributed by atoms with E-state index in [2.05, 4.69) is 49.1 Å². The molecule has 1 aromatic rings. The van der Waals surface area contributed by atoms with Gasteiger partial charge in [-0.25, -0.2) is 0 Å². The van der Waals surface area contributed by atoms with Crippen molar-refractivity contribution in [3.63, 3.8) is 0 Å². The Labute approximate surface area is 151 Å². The van der Waals surface area contributed by atoms with Crippen LogP contribution in [0.1, 0.15) is 32.3 Å². The van der Waals surface area contributed by atoms with Crippen LogP contribution in [-0.4, -0.2) is 43.7 Å². The van der Waals surface area contributed by atoms with Crippen molar-refractivity contribution in [1.29, 1.82) is 0 Å². The number of benzene rings is 1. The molecule has 0 atom stereocenters. The lowest BCUT2D eigenvalue weighted by Crippen LogP contribution is -2.41. The SMILES string of the molecule is CCN(CC)C(N)=NCC1(c2ccccc2)CCOCC1.I. The molecule has 1 aliphatic heterocycles. The van der Waals surface area contributed by atoms with E-state index in [9.17, 15) is 0 Å². The molecule has 2 N–H and O–H groups in total. The smallest absolute Gasteiger partial charge is 0.191 e. The highest BCUT2D eigenvalue weighted by atomic mass is 127. The molecule has 0 amide bonds. The first-order valence-corrected chi connectivity index (χ1v) is 7.90. The van der Waals surface area contributed by atoms with Gasteiger partial charge in [0.2, 0.25) is 0 Å². The maximum atomic E-state index is 6.14. The van der Waals surface area contributed by atoms with Crippen molar-refractivity contribution in [3.05, 3.63) is 35.9 Å². The molecule has 1 aliphatic rings. The lowest BCUT2D eigenvalue weighted by Gasteiger charge is -2.37. The van der Waals surface area contributed by atoms with Gasteiger partial charge in [-0.1, -0.05) is 30.3 Å². The Kier molecular flexibility index (Phi) is 8.17. The number of halogens is 1. The van der Waals surface area contributed by atoms with Crippen LogP contribution in [0.4, 0.5) is 0 Å². The van der Waals surface area contributed by atoms with Crippen molar-refractivity contribution in [1.82, 2.24) is 4.90 Å². The van der Waals surface area contributed by atoms with E-state index in [0.29, 0.717) is 5.96 Å². The van der Waals surface area contributed by atoms with Crippen LogP contribution in [0, 0.1) is 0 Å². The molecule has 1 aromatic carbocycles. The molecule has 1 saturated heterocycles. The number of hydrogen-bond acceptors (Lipinski definition) is 2. The third kappa shape index (κ3) is 4.59. The molecule has 0 radical (unpaired) electrons. The summed E-state index contributed by atoms with van der Waals surface area (Å²) < 4.78 is 5.55. The minimum atomic E-state index is 0. The van der Waals surface area contributed by atoms with Crippen LogP contribution in [0.25, 0.3) is 0 Å². The van der Waals surface area contributed by atoms with Crippen LogP contribution in [0.5, 0.6) is 0 Å². The Morgan fingerprint density at radius 2 is 1.77 bits per heavy atom. The van der Waals surface area contributed by atoms with E-state index in [4.69, 9.17) is 15.5 Å². The number of guanidine groups is 1. The van der Waals surface area contributed by atoms with Crippen LogP contribution in [0.3, 0.4) is 0 Å². The Balaban J connectivity index is 0.00000242. The molecule has 0 aliphatic carbocycles. The van der Waals surface area contributed by atoms with Crippen molar-refractivity contribution < 1.29 is 4.74 Å². The Hall–Kier alpha value is -0.820. The van der Waals surface area contributed by atoms with Crippen LogP contribution >= 0.6 is 24.0 Å². The zero-order valence-corrected chi connectivity index (χ0v) is 16.0. The highest BCUT2D eigenvalue weighted by Gasteiger charge is 2.34. The highest BCUT2D eigenvalue weighted by molar-refractivity contribution is 14.0. The third-order valence-corrected chi connectivity index (χ3v) is 4.47. The zero-order valence-electron chi connectivity index (χ0n) is 13.6. The fourth-order valence-electron chi connectivity index (χ4n) is 2.97. The molecule has 124 valence electrons. The summed E-state index contributed by atoms with van der Waals surface area (Å²) in [5.41, 5.74) is 7.56.